The summed E-state index contributed by atoms with van der Waals surface area (Å²) in [6, 6.07) is 21.0. The van der Waals surface area contributed by atoms with Crippen LogP contribution in [0.2, 0.25) is 0 Å². The van der Waals surface area contributed by atoms with Crippen LogP contribution < -0.4 is 10.6 Å². The summed E-state index contributed by atoms with van der Waals surface area (Å²) in [6.07, 6.45) is 9.34. The average Bonchev–Trinajstić information content (AvgIpc) is 2.91. The molecule has 0 spiro atoms. The predicted octanol–water partition coefficient (Wildman–Crippen LogP) is 7.19. The summed E-state index contributed by atoms with van der Waals surface area (Å²) >= 11 is 0. The number of ether oxygens (including phenoxy) is 2. The molecule has 0 heterocycles. The highest BCUT2D eigenvalue weighted by Gasteiger charge is 2.14. The van der Waals surface area contributed by atoms with Crippen LogP contribution in [0.1, 0.15) is 88.2 Å². The van der Waals surface area contributed by atoms with Crippen LogP contribution in [-0.4, -0.2) is 38.5 Å². The second-order valence-corrected chi connectivity index (χ2v) is 9.12. The Morgan fingerprint density at radius 3 is 1.56 bits per heavy atom. The molecule has 0 saturated heterocycles. The minimum Gasteiger partial charge on any atom is -0.450 e. The second kappa shape index (κ2) is 19.2. The molecule has 0 aliphatic heterocycles. The molecule has 2 amide bonds. The van der Waals surface area contributed by atoms with Crippen molar-refractivity contribution >= 4 is 12.2 Å². The first kappa shape index (κ1) is 29.2. The summed E-state index contributed by atoms with van der Waals surface area (Å²) in [4.78, 5) is 23.4. The van der Waals surface area contributed by atoms with E-state index in [1.165, 1.54) is 11.1 Å². The van der Waals surface area contributed by atoms with Gasteiger partial charge in [-0.25, -0.2) is 9.59 Å². The Morgan fingerprint density at radius 1 is 0.639 bits per heavy atom. The summed E-state index contributed by atoms with van der Waals surface area (Å²) in [5, 5.41) is 5.64. The third-order valence-corrected chi connectivity index (χ3v) is 6.15. The number of hydrogen-bond acceptors (Lipinski definition) is 4. The standard InChI is InChI=1S/C30H44N2O4/c1-2-3-24-35-29(33)31-22-14-6-4-5-7-15-23-32-30(34)36-25-16-21-28(26-17-10-8-11-18-26)27-19-12-9-13-20-27/h8-13,17-20,28H,2-7,14-16,21-25H2,1H3,(H,31,33)(H,32,34). The summed E-state index contributed by atoms with van der Waals surface area (Å²) in [6.45, 7) is 4.28. The fourth-order valence-electron chi connectivity index (χ4n) is 4.10. The number of rotatable bonds is 18. The van der Waals surface area contributed by atoms with Crippen molar-refractivity contribution in [3.05, 3.63) is 71.8 Å². The Hall–Kier alpha value is -3.02. The fourth-order valence-corrected chi connectivity index (χ4v) is 4.10. The molecule has 6 heteroatoms. The molecule has 0 unspecified atom stereocenters. The maximum atomic E-state index is 12.0. The maximum Gasteiger partial charge on any atom is 0.407 e. The molecule has 0 aliphatic carbocycles. The van der Waals surface area contributed by atoms with Crippen molar-refractivity contribution in [3.8, 4) is 0 Å². The first-order valence-electron chi connectivity index (χ1n) is 13.6. The van der Waals surface area contributed by atoms with Crippen LogP contribution in [0.4, 0.5) is 9.59 Å². The Balaban J connectivity index is 1.46. The van der Waals surface area contributed by atoms with E-state index >= 15 is 0 Å². The molecule has 2 N–H and O–H groups in total. The fraction of sp³-hybridized carbons (Fsp3) is 0.533. The first-order valence-corrected chi connectivity index (χ1v) is 13.6. The van der Waals surface area contributed by atoms with Gasteiger partial charge in [-0.3, -0.25) is 0 Å². The zero-order valence-electron chi connectivity index (χ0n) is 21.9. The highest BCUT2D eigenvalue weighted by Crippen LogP contribution is 2.28. The molecule has 0 aromatic heterocycles. The zero-order chi connectivity index (χ0) is 25.7. The van der Waals surface area contributed by atoms with Gasteiger partial charge >= 0.3 is 12.2 Å². The van der Waals surface area contributed by atoms with E-state index in [1.54, 1.807) is 0 Å². The Bertz CT molecular complexity index is 790. The van der Waals surface area contributed by atoms with Gasteiger partial charge in [-0.2, -0.15) is 0 Å². The largest absolute Gasteiger partial charge is 0.450 e. The number of nitrogens with one attached hydrogen (secondary N) is 2. The van der Waals surface area contributed by atoms with Crippen molar-refractivity contribution < 1.29 is 19.1 Å². The van der Waals surface area contributed by atoms with Crippen LogP contribution in [0, 0.1) is 0 Å². The maximum absolute atomic E-state index is 12.0. The molecule has 0 radical (unpaired) electrons. The topological polar surface area (TPSA) is 76.7 Å². The van der Waals surface area contributed by atoms with Gasteiger partial charge in [0.2, 0.25) is 0 Å². The Kier molecular flexibility index (Phi) is 15.6. The lowest BCUT2D eigenvalue weighted by Gasteiger charge is -2.18. The average molecular weight is 497 g/mol. The minimum atomic E-state index is -0.331. The van der Waals surface area contributed by atoms with E-state index in [9.17, 15) is 9.59 Å². The van der Waals surface area contributed by atoms with Crippen molar-refractivity contribution in [1.29, 1.82) is 0 Å². The van der Waals surface area contributed by atoms with Gasteiger partial charge in [0.25, 0.3) is 0 Å². The summed E-state index contributed by atoms with van der Waals surface area (Å²) in [5.74, 6) is 0.300. The number of benzene rings is 2. The molecular weight excluding hydrogens is 452 g/mol. The lowest BCUT2D eigenvalue weighted by Crippen LogP contribution is -2.25. The minimum absolute atomic E-state index is 0.300. The normalized spacial score (nSPS) is 10.7. The highest BCUT2D eigenvalue weighted by atomic mass is 16.6. The van der Waals surface area contributed by atoms with E-state index in [1.807, 2.05) is 12.1 Å². The SMILES string of the molecule is CCCCOC(=O)NCCCCCCCCNC(=O)OCCCC(c1ccccc1)c1ccccc1. The van der Waals surface area contributed by atoms with Crippen LogP contribution in [0.5, 0.6) is 0 Å². The van der Waals surface area contributed by atoms with Crippen LogP contribution >= 0.6 is 0 Å². The summed E-state index contributed by atoms with van der Waals surface area (Å²) < 4.78 is 10.4. The molecule has 0 bridgehead atoms. The van der Waals surface area contributed by atoms with E-state index in [0.717, 1.165) is 64.2 Å². The molecule has 198 valence electrons. The molecule has 0 fully saturated rings. The predicted molar refractivity (Wildman–Crippen MR) is 145 cm³/mol. The summed E-state index contributed by atoms with van der Waals surface area (Å²) in [5.41, 5.74) is 2.57. The van der Waals surface area contributed by atoms with Crippen LogP contribution in [0.25, 0.3) is 0 Å². The van der Waals surface area contributed by atoms with Gasteiger partial charge in [-0.1, -0.05) is 99.7 Å². The molecule has 2 aromatic carbocycles. The number of carbonyl (C=O) groups excluding carboxylic acids is 2. The number of unbranched alkanes of at least 4 members (excludes halogenated alkanes) is 6. The van der Waals surface area contributed by atoms with Gasteiger partial charge in [-0.15, -0.1) is 0 Å². The molecule has 2 rings (SSSR count). The molecule has 36 heavy (non-hydrogen) atoms. The lowest BCUT2D eigenvalue weighted by atomic mass is 9.88. The highest BCUT2D eigenvalue weighted by molar-refractivity contribution is 5.67. The van der Waals surface area contributed by atoms with Crippen LogP contribution in [-0.2, 0) is 9.47 Å². The second-order valence-electron chi connectivity index (χ2n) is 9.12. The number of alkyl carbamates (subject to hydrolysis) is 2. The van der Waals surface area contributed by atoms with Gasteiger partial charge < -0.3 is 20.1 Å². The Morgan fingerprint density at radius 2 is 1.08 bits per heavy atom. The zero-order valence-corrected chi connectivity index (χ0v) is 21.9. The van der Waals surface area contributed by atoms with Crippen LogP contribution in [0.3, 0.4) is 0 Å². The Labute approximate surface area is 217 Å². The quantitative estimate of drug-likeness (QED) is 0.214. The number of hydrogen-bond donors (Lipinski definition) is 2. The lowest BCUT2D eigenvalue weighted by molar-refractivity contribution is 0.143. The van der Waals surface area contributed by atoms with Gasteiger partial charge in [0, 0.05) is 19.0 Å². The smallest absolute Gasteiger partial charge is 0.407 e. The monoisotopic (exact) mass is 496 g/mol. The third-order valence-electron chi connectivity index (χ3n) is 6.15. The van der Waals surface area contributed by atoms with E-state index in [4.69, 9.17) is 9.47 Å². The van der Waals surface area contributed by atoms with Gasteiger partial charge in [-0.05, 0) is 43.2 Å². The van der Waals surface area contributed by atoms with Crippen molar-refractivity contribution in [2.24, 2.45) is 0 Å². The van der Waals surface area contributed by atoms with Crippen molar-refractivity contribution in [2.75, 3.05) is 26.3 Å². The number of amides is 2. The van der Waals surface area contributed by atoms with Gasteiger partial charge in [0.1, 0.15) is 0 Å². The molecule has 6 nitrogen and oxygen atoms in total. The molecule has 0 atom stereocenters. The van der Waals surface area contributed by atoms with Gasteiger partial charge in [0.05, 0.1) is 13.2 Å². The van der Waals surface area contributed by atoms with Crippen molar-refractivity contribution in [1.82, 2.24) is 10.6 Å². The van der Waals surface area contributed by atoms with Crippen LogP contribution in [0.15, 0.2) is 60.7 Å². The van der Waals surface area contributed by atoms with Crippen molar-refractivity contribution in [2.45, 2.75) is 77.0 Å². The van der Waals surface area contributed by atoms with E-state index in [-0.39, 0.29) is 12.2 Å². The third kappa shape index (κ3) is 13.2. The number of carbonyl (C=O) groups is 2. The van der Waals surface area contributed by atoms with E-state index < -0.39 is 0 Å². The van der Waals surface area contributed by atoms with E-state index in [2.05, 4.69) is 66.1 Å². The molecule has 0 saturated carbocycles. The molecular formula is C30H44N2O4. The molecule has 2 aromatic rings. The van der Waals surface area contributed by atoms with Crippen molar-refractivity contribution in [3.63, 3.8) is 0 Å². The first-order chi connectivity index (χ1) is 17.7. The van der Waals surface area contributed by atoms with E-state index in [0.29, 0.717) is 32.2 Å². The summed E-state index contributed by atoms with van der Waals surface area (Å²) in [7, 11) is 0. The molecule has 0 aliphatic rings. The van der Waals surface area contributed by atoms with Gasteiger partial charge in [0.15, 0.2) is 0 Å².